The Hall–Kier alpha value is -3.28. The summed E-state index contributed by atoms with van der Waals surface area (Å²) in [5.74, 6) is 2.09. The highest BCUT2D eigenvalue weighted by molar-refractivity contribution is 5.94. The monoisotopic (exact) mass is 408 g/mol. The highest BCUT2D eigenvalue weighted by atomic mass is 16.5. The minimum absolute atomic E-state index is 0.127. The Morgan fingerprint density at radius 1 is 1.10 bits per heavy atom. The van der Waals surface area contributed by atoms with Gasteiger partial charge in [-0.05, 0) is 70.0 Å². The zero-order chi connectivity index (χ0) is 21.5. The summed E-state index contributed by atoms with van der Waals surface area (Å²) in [7, 11) is 0. The highest BCUT2D eigenvalue weighted by Gasteiger charge is 2.11. The largest absolute Gasteiger partial charge is 0.491 e. The topological polar surface area (TPSA) is 73.6 Å². The third-order valence-corrected chi connectivity index (χ3v) is 4.65. The average molecular weight is 408 g/mol. The van der Waals surface area contributed by atoms with E-state index in [0.717, 1.165) is 34.8 Å². The molecule has 2 aromatic carbocycles. The Balaban J connectivity index is 1.50. The van der Waals surface area contributed by atoms with Gasteiger partial charge < -0.3 is 19.3 Å². The molecule has 0 aliphatic heterocycles. The van der Waals surface area contributed by atoms with Crippen molar-refractivity contribution in [2.24, 2.45) is 0 Å². The van der Waals surface area contributed by atoms with Gasteiger partial charge in [0.15, 0.2) is 0 Å². The van der Waals surface area contributed by atoms with Crippen LogP contribution < -0.4 is 14.8 Å². The molecule has 0 saturated heterocycles. The smallest absolute Gasteiger partial charge is 0.251 e. The maximum absolute atomic E-state index is 12.5. The van der Waals surface area contributed by atoms with E-state index in [4.69, 9.17) is 14.0 Å². The Morgan fingerprint density at radius 3 is 2.53 bits per heavy atom. The Bertz CT molecular complexity index is 958. The lowest BCUT2D eigenvalue weighted by molar-refractivity contribution is 0.0953. The predicted octanol–water partition coefficient (Wildman–Crippen LogP) is 4.63. The summed E-state index contributed by atoms with van der Waals surface area (Å²) in [6.45, 7) is 8.63. The quantitative estimate of drug-likeness (QED) is 0.559. The van der Waals surface area contributed by atoms with Gasteiger partial charge >= 0.3 is 0 Å². The molecule has 1 amide bonds. The zero-order valence-corrected chi connectivity index (χ0v) is 17.9. The summed E-state index contributed by atoms with van der Waals surface area (Å²) in [4.78, 5) is 12.5. The zero-order valence-electron chi connectivity index (χ0n) is 17.9. The predicted molar refractivity (Wildman–Crippen MR) is 115 cm³/mol. The van der Waals surface area contributed by atoms with Crippen molar-refractivity contribution in [3.8, 4) is 11.5 Å². The van der Waals surface area contributed by atoms with Gasteiger partial charge in [0.2, 0.25) is 0 Å². The van der Waals surface area contributed by atoms with E-state index in [1.54, 1.807) is 12.1 Å². The van der Waals surface area contributed by atoms with E-state index >= 15 is 0 Å². The van der Waals surface area contributed by atoms with Gasteiger partial charge in [-0.3, -0.25) is 4.79 Å². The SMILES string of the molecule is Cc1noc(C)c1COc1cccc(C(=O)NCCc2ccc(OC(C)C)cc2)c1. The summed E-state index contributed by atoms with van der Waals surface area (Å²) < 4.78 is 16.6. The van der Waals surface area contributed by atoms with Gasteiger partial charge in [-0.1, -0.05) is 23.4 Å². The second-order valence-corrected chi connectivity index (χ2v) is 7.44. The first-order valence-electron chi connectivity index (χ1n) is 10.1. The molecule has 6 nitrogen and oxygen atoms in total. The van der Waals surface area contributed by atoms with Gasteiger partial charge in [0.1, 0.15) is 23.9 Å². The summed E-state index contributed by atoms with van der Waals surface area (Å²) in [6, 6.07) is 15.1. The van der Waals surface area contributed by atoms with Crippen LogP contribution >= 0.6 is 0 Å². The van der Waals surface area contributed by atoms with Gasteiger partial charge in [-0.15, -0.1) is 0 Å². The lowest BCUT2D eigenvalue weighted by atomic mass is 10.1. The van der Waals surface area contributed by atoms with E-state index in [2.05, 4.69) is 10.5 Å². The second kappa shape index (κ2) is 9.96. The van der Waals surface area contributed by atoms with Crippen LogP contribution in [0.1, 0.15) is 46.8 Å². The van der Waals surface area contributed by atoms with Crippen LogP contribution in [0.3, 0.4) is 0 Å². The van der Waals surface area contributed by atoms with E-state index in [9.17, 15) is 4.79 Å². The van der Waals surface area contributed by atoms with Crippen LogP contribution in [-0.4, -0.2) is 23.7 Å². The van der Waals surface area contributed by atoms with Gasteiger partial charge in [0.05, 0.1) is 17.4 Å². The maximum atomic E-state index is 12.5. The summed E-state index contributed by atoms with van der Waals surface area (Å²) in [5, 5.41) is 6.88. The second-order valence-electron chi connectivity index (χ2n) is 7.44. The number of hydrogen-bond donors (Lipinski definition) is 1. The number of hydrogen-bond acceptors (Lipinski definition) is 5. The molecule has 0 aliphatic carbocycles. The third kappa shape index (κ3) is 5.86. The number of carbonyl (C=O) groups excluding carboxylic acids is 1. The minimum atomic E-state index is -0.127. The number of nitrogens with zero attached hydrogens (tertiary/aromatic N) is 1. The number of aromatic nitrogens is 1. The van der Waals surface area contributed by atoms with Crippen LogP contribution in [0.25, 0.3) is 0 Å². The molecule has 0 atom stereocenters. The number of amides is 1. The molecule has 0 bridgehead atoms. The van der Waals surface area contributed by atoms with Gasteiger partial charge in [0, 0.05) is 12.1 Å². The number of ether oxygens (including phenoxy) is 2. The Morgan fingerprint density at radius 2 is 1.87 bits per heavy atom. The van der Waals surface area contributed by atoms with E-state index < -0.39 is 0 Å². The van der Waals surface area contributed by atoms with Crippen LogP contribution in [0, 0.1) is 13.8 Å². The lowest BCUT2D eigenvalue weighted by Crippen LogP contribution is -2.25. The molecule has 6 heteroatoms. The number of rotatable bonds is 9. The Labute approximate surface area is 177 Å². The molecule has 1 heterocycles. The fourth-order valence-electron chi connectivity index (χ4n) is 3.02. The first kappa shape index (κ1) is 21.4. The number of benzene rings is 2. The van der Waals surface area contributed by atoms with Crippen molar-refractivity contribution in [3.05, 3.63) is 76.7 Å². The van der Waals surface area contributed by atoms with Crippen LogP contribution in [0.4, 0.5) is 0 Å². The van der Waals surface area contributed by atoms with Crippen LogP contribution in [-0.2, 0) is 13.0 Å². The standard InChI is InChI=1S/C24H28N2O4/c1-16(2)29-21-10-8-19(9-11-21)12-13-25-24(27)20-6-5-7-22(14-20)28-15-23-17(3)26-30-18(23)4/h5-11,14,16H,12-13,15H2,1-4H3,(H,25,27). The summed E-state index contributed by atoms with van der Waals surface area (Å²) in [5.41, 5.74) is 3.44. The summed E-state index contributed by atoms with van der Waals surface area (Å²) >= 11 is 0. The average Bonchev–Trinajstić information content (AvgIpc) is 3.05. The van der Waals surface area contributed by atoms with Crippen molar-refractivity contribution in [2.45, 2.75) is 46.8 Å². The molecule has 0 fully saturated rings. The van der Waals surface area contributed by atoms with Crippen molar-refractivity contribution >= 4 is 5.91 Å². The van der Waals surface area contributed by atoms with E-state index in [0.29, 0.717) is 24.5 Å². The molecule has 0 spiro atoms. The minimum Gasteiger partial charge on any atom is -0.491 e. The van der Waals surface area contributed by atoms with E-state index in [1.807, 2.05) is 64.1 Å². The van der Waals surface area contributed by atoms with Gasteiger partial charge in [-0.25, -0.2) is 0 Å². The molecule has 0 radical (unpaired) electrons. The molecule has 0 saturated carbocycles. The first-order chi connectivity index (χ1) is 14.4. The van der Waals surface area contributed by atoms with Crippen molar-refractivity contribution < 1.29 is 18.8 Å². The molecule has 30 heavy (non-hydrogen) atoms. The molecular weight excluding hydrogens is 380 g/mol. The van der Waals surface area contributed by atoms with Crippen LogP contribution in [0.2, 0.25) is 0 Å². The van der Waals surface area contributed by atoms with Crippen molar-refractivity contribution in [1.29, 1.82) is 0 Å². The molecule has 158 valence electrons. The fourth-order valence-corrected chi connectivity index (χ4v) is 3.02. The van der Waals surface area contributed by atoms with Crippen LogP contribution in [0.5, 0.6) is 11.5 Å². The molecular formula is C24H28N2O4. The van der Waals surface area contributed by atoms with Crippen molar-refractivity contribution in [2.75, 3.05) is 6.54 Å². The third-order valence-electron chi connectivity index (χ3n) is 4.65. The van der Waals surface area contributed by atoms with Crippen molar-refractivity contribution in [3.63, 3.8) is 0 Å². The molecule has 0 aliphatic rings. The normalized spacial score (nSPS) is 10.8. The van der Waals surface area contributed by atoms with Gasteiger partial charge in [-0.2, -0.15) is 0 Å². The molecule has 3 aromatic rings. The molecule has 3 rings (SSSR count). The lowest BCUT2D eigenvalue weighted by Gasteiger charge is -2.11. The Kier molecular flexibility index (Phi) is 7.12. The van der Waals surface area contributed by atoms with Gasteiger partial charge in [0.25, 0.3) is 5.91 Å². The van der Waals surface area contributed by atoms with Crippen molar-refractivity contribution in [1.82, 2.24) is 10.5 Å². The number of aryl methyl sites for hydroxylation is 2. The number of nitrogens with one attached hydrogen (secondary N) is 1. The molecule has 1 N–H and O–H groups in total. The first-order valence-corrected chi connectivity index (χ1v) is 10.1. The molecule has 0 unspecified atom stereocenters. The fraction of sp³-hybridized carbons (Fsp3) is 0.333. The summed E-state index contributed by atoms with van der Waals surface area (Å²) in [6.07, 6.45) is 0.898. The molecule has 1 aromatic heterocycles. The van der Waals surface area contributed by atoms with Crippen LogP contribution in [0.15, 0.2) is 53.1 Å². The number of carbonyl (C=O) groups is 1. The van der Waals surface area contributed by atoms with E-state index in [1.165, 1.54) is 0 Å². The highest BCUT2D eigenvalue weighted by Crippen LogP contribution is 2.19. The maximum Gasteiger partial charge on any atom is 0.251 e. The van der Waals surface area contributed by atoms with E-state index in [-0.39, 0.29) is 12.0 Å².